The van der Waals surface area contributed by atoms with Crippen LogP contribution in [0.3, 0.4) is 0 Å². The predicted molar refractivity (Wildman–Crippen MR) is 129 cm³/mol. The molecule has 0 spiro atoms. The number of rotatable bonds is 6. The van der Waals surface area contributed by atoms with Gasteiger partial charge in [-0.3, -0.25) is 4.99 Å². The highest BCUT2D eigenvalue weighted by molar-refractivity contribution is 14.0. The number of aryl methyl sites for hydroxylation is 2. The molecule has 0 aliphatic carbocycles. The number of carbonyl (C=O) groups is 1. The normalized spacial score (nSPS) is 17.3. The number of guanidine groups is 1. The SMILES string of the molecule is CCc1noc(CC)c1CNC(=NC)NCC1CCCN(C(=O)OC(C)(C)C)C1.I. The molecule has 1 aromatic rings. The minimum Gasteiger partial charge on any atom is -0.444 e. The third-order valence-corrected chi connectivity index (χ3v) is 4.99. The van der Waals surface area contributed by atoms with Gasteiger partial charge in [0.1, 0.15) is 11.4 Å². The molecule has 0 radical (unpaired) electrons. The van der Waals surface area contributed by atoms with Crippen molar-refractivity contribution in [2.45, 2.75) is 72.4 Å². The fourth-order valence-corrected chi connectivity index (χ4v) is 3.50. The summed E-state index contributed by atoms with van der Waals surface area (Å²) in [4.78, 5) is 18.5. The molecule has 1 saturated heterocycles. The zero-order valence-corrected chi connectivity index (χ0v) is 21.5. The number of amides is 1. The third kappa shape index (κ3) is 7.96. The summed E-state index contributed by atoms with van der Waals surface area (Å²) in [5.41, 5.74) is 1.64. The molecule has 0 bridgehead atoms. The van der Waals surface area contributed by atoms with E-state index in [9.17, 15) is 4.79 Å². The van der Waals surface area contributed by atoms with Crippen molar-refractivity contribution < 1.29 is 14.1 Å². The second kappa shape index (κ2) is 12.4. The maximum Gasteiger partial charge on any atom is 0.410 e. The van der Waals surface area contributed by atoms with Crippen LogP contribution in [0.4, 0.5) is 4.79 Å². The van der Waals surface area contributed by atoms with Crippen LogP contribution in [0.15, 0.2) is 9.52 Å². The van der Waals surface area contributed by atoms with Crippen molar-refractivity contribution in [3.05, 3.63) is 17.0 Å². The number of nitrogens with one attached hydrogen (secondary N) is 2. The van der Waals surface area contributed by atoms with Crippen LogP contribution in [0.5, 0.6) is 0 Å². The molecule has 1 unspecified atom stereocenters. The second-order valence-corrected chi connectivity index (χ2v) is 8.48. The van der Waals surface area contributed by atoms with E-state index >= 15 is 0 Å². The first-order valence-corrected chi connectivity index (χ1v) is 10.7. The van der Waals surface area contributed by atoms with Crippen LogP contribution in [0.2, 0.25) is 0 Å². The smallest absolute Gasteiger partial charge is 0.410 e. The van der Waals surface area contributed by atoms with E-state index in [1.165, 1.54) is 0 Å². The first-order valence-electron chi connectivity index (χ1n) is 10.7. The van der Waals surface area contributed by atoms with Crippen molar-refractivity contribution >= 4 is 36.0 Å². The summed E-state index contributed by atoms with van der Waals surface area (Å²) in [5.74, 6) is 2.03. The van der Waals surface area contributed by atoms with Gasteiger partial charge < -0.3 is 24.8 Å². The van der Waals surface area contributed by atoms with Crippen LogP contribution in [-0.4, -0.2) is 54.4 Å². The molecule has 2 heterocycles. The number of hydrogen-bond acceptors (Lipinski definition) is 5. The summed E-state index contributed by atoms with van der Waals surface area (Å²) >= 11 is 0. The van der Waals surface area contributed by atoms with Crippen molar-refractivity contribution in [3.8, 4) is 0 Å². The van der Waals surface area contributed by atoms with Gasteiger partial charge in [-0.1, -0.05) is 19.0 Å². The number of nitrogens with zero attached hydrogens (tertiary/aromatic N) is 3. The average Bonchev–Trinajstić information content (AvgIpc) is 3.09. The van der Waals surface area contributed by atoms with E-state index < -0.39 is 5.60 Å². The molecular weight excluding hydrogens is 497 g/mol. The highest BCUT2D eigenvalue weighted by Crippen LogP contribution is 2.19. The van der Waals surface area contributed by atoms with E-state index in [2.05, 4.69) is 34.6 Å². The van der Waals surface area contributed by atoms with Gasteiger partial charge in [0.25, 0.3) is 0 Å². The molecule has 1 aliphatic rings. The molecule has 1 aromatic heterocycles. The summed E-state index contributed by atoms with van der Waals surface area (Å²) in [7, 11) is 1.76. The summed E-state index contributed by atoms with van der Waals surface area (Å²) in [6.45, 7) is 12.7. The van der Waals surface area contributed by atoms with Gasteiger partial charge in [-0.05, 0) is 46.0 Å². The molecule has 172 valence electrons. The van der Waals surface area contributed by atoms with Crippen molar-refractivity contribution in [3.63, 3.8) is 0 Å². The lowest BCUT2D eigenvalue weighted by Crippen LogP contribution is -2.47. The van der Waals surface area contributed by atoms with Crippen molar-refractivity contribution in [2.75, 3.05) is 26.7 Å². The van der Waals surface area contributed by atoms with Crippen LogP contribution in [0, 0.1) is 5.92 Å². The number of likely N-dealkylation sites (tertiary alicyclic amines) is 1. The molecule has 8 nitrogen and oxygen atoms in total. The Bertz CT molecular complexity index is 678. The molecule has 1 amide bonds. The largest absolute Gasteiger partial charge is 0.444 e. The highest BCUT2D eigenvalue weighted by Gasteiger charge is 2.27. The van der Waals surface area contributed by atoms with Gasteiger partial charge in [-0.2, -0.15) is 0 Å². The van der Waals surface area contributed by atoms with Gasteiger partial charge in [0, 0.05) is 45.2 Å². The number of ether oxygens (including phenoxy) is 1. The number of piperidine rings is 1. The van der Waals surface area contributed by atoms with Crippen LogP contribution in [0.25, 0.3) is 0 Å². The van der Waals surface area contributed by atoms with Gasteiger partial charge in [0.2, 0.25) is 0 Å². The zero-order chi connectivity index (χ0) is 21.4. The average molecular weight is 535 g/mol. The van der Waals surface area contributed by atoms with E-state index in [0.29, 0.717) is 19.0 Å². The Morgan fingerprint density at radius 2 is 2.03 bits per heavy atom. The highest BCUT2D eigenvalue weighted by atomic mass is 127. The lowest BCUT2D eigenvalue weighted by Gasteiger charge is -2.34. The van der Waals surface area contributed by atoms with Crippen LogP contribution < -0.4 is 10.6 Å². The number of halogens is 1. The summed E-state index contributed by atoms with van der Waals surface area (Å²) in [6, 6.07) is 0. The molecule has 0 saturated carbocycles. The first kappa shape index (κ1) is 26.5. The number of hydrogen-bond donors (Lipinski definition) is 2. The molecular formula is C21H38IN5O3. The Hall–Kier alpha value is -1.52. The summed E-state index contributed by atoms with van der Waals surface area (Å²) in [6.07, 6.45) is 3.50. The van der Waals surface area contributed by atoms with Crippen LogP contribution >= 0.6 is 24.0 Å². The standard InChI is InChI=1S/C21H37N5O3.HI/c1-7-17-16(18(8-2)29-25-17)13-24-19(22-6)23-12-15-10-9-11-26(14-15)20(27)28-21(3,4)5;/h15H,7-14H2,1-6H3,(H2,22,23,24);1H. The van der Waals surface area contributed by atoms with E-state index in [4.69, 9.17) is 9.26 Å². The van der Waals surface area contributed by atoms with Crippen LogP contribution in [0.1, 0.15) is 64.5 Å². The van der Waals surface area contributed by atoms with E-state index in [-0.39, 0.29) is 30.1 Å². The third-order valence-electron chi connectivity index (χ3n) is 4.99. The summed E-state index contributed by atoms with van der Waals surface area (Å²) < 4.78 is 10.9. The molecule has 1 aliphatic heterocycles. The lowest BCUT2D eigenvalue weighted by atomic mass is 9.98. The molecule has 1 fully saturated rings. The molecule has 2 N–H and O–H groups in total. The van der Waals surface area contributed by atoms with Crippen molar-refractivity contribution in [2.24, 2.45) is 10.9 Å². The molecule has 30 heavy (non-hydrogen) atoms. The van der Waals surface area contributed by atoms with E-state index in [1.807, 2.05) is 25.7 Å². The van der Waals surface area contributed by atoms with E-state index in [0.717, 1.165) is 61.7 Å². The Morgan fingerprint density at radius 3 is 2.63 bits per heavy atom. The van der Waals surface area contributed by atoms with E-state index in [1.54, 1.807) is 7.05 Å². The van der Waals surface area contributed by atoms with Gasteiger partial charge in [0.15, 0.2) is 5.96 Å². The van der Waals surface area contributed by atoms with Gasteiger partial charge in [0.05, 0.1) is 5.69 Å². The minimum absolute atomic E-state index is 0. The van der Waals surface area contributed by atoms with Crippen molar-refractivity contribution in [1.82, 2.24) is 20.7 Å². The maximum atomic E-state index is 12.3. The van der Waals surface area contributed by atoms with Gasteiger partial charge in [-0.15, -0.1) is 24.0 Å². The van der Waals surface area contributed by atoms with Gasteiger partial charge >= 0.3 is 6.09 Å². The second-order valence-electron chi connectivity index (χ2n) is 8.48. The zero-order valence-electron chi connectivity index (χ0n) is 19.2. The Labute approximate surface area is 197 Å². The number of aliphatic imine (C=N–C) groups is 1. The number of aromatic nitrogens is 1. The van der Waals surface area contributed by atoms with Crippen molar-refractivity contribution in [1.29, 1.82) is 0 Å². The molecule has 2 rings (SSSR count). The molecule has 9 heteroatoms. The monoisotopic (exact) mass is 535 g/mol. The Morgan fingerprint density at radius 1 is 1.30 bits per heavy atom. The Kier molecular flexibility index (Phi) is 10.9. The predicted octanol–water partition coefficient (Wildman–Crippen LogP) is 3.73. The quantitative estimate of drug-likeness (QED) is 0.328. The molecule has 0 aromatic carbocycles. The lowest BCUT2D eigenvalue weighted by molar-refractivity contribution is 0.0168. The van der Waals surface area contributed by atoms with Crippen LogP contribution in [-0.2, 0) is 24.1 Å². The fourth-order valence-electron chi connectivity index (χ4n) is 3.50. The molecule has 1 atom stereocenters. The fraction of sp³-hybridized carbons (Fsp3) is 0.762. The Balaban J connectivity index is 0.00000450. The summed E-state index contributed by atoms with van der Waals surface area (Å²) in [5, 5.41) is 10.9. The van der Waals surface area contributed by atoms with Gasteiger partial charge in [-0.25, -0.2) is 4.79 Å². The maximum absolute atomic E-state index is 12.3. The topological polar surface area (TPSA) is 92.0 Å². The minimum atomic E-state index is -0.467. The first-order chi connectivity index (χ1) is 13.8. The number of carbonyl (C=O) groups excluding carboxylic acids is 1.